The summed E-state index contributed by atoms with van der Waals surface area (Å²) < 4.78 is 40.9. The van der Waals surface area contributed by atoms with Crippen LogP contribution in [0.15, 0.2) is 35.1 Å². The number of halogens is 3. The van der Waals surface area contributed by atoms with Crippen LogP contribution in [-0.4, -0.2) is 35.4 Å². The van der Waals surface area contributed by atoms with Gasteiger partial charge in [-0.25, -0.2) is 5.10 Å². The SMILES string of the molecule is CC(C)NC1CCN(c2ccc(-c3ccc(=O)[nH]n3)cc2C(F)(F)F)C1. The lowest BCUT2D eigenvalue weighted by Crippen LogP contribution is -2.37. The number of hydrogen-bond acceptors (Lipinski definition) is 4. The second-order valence-corrected chi connectivity index (χ2v) is 6.79. The van der Waals surface area contributed by atoms with E-state index < -0.39 is 17.3 Å². The molecule has 2 N–H and O–H groups in total. The normalized spacial score (nSPS) is 17.9. The highest BCUT2D eigenvalue weighted by Gasteiger charge is 2.37. The molecular weight excluding hydrogens is 345 g/mol. The number of nitrogens with zero attached hydrogens (tertiary/aromatic N) is 2. The Hall–Kier alpha value is -2.35. The largest absolute Gasteiger partial charge is 0.418 e. The number of aromatic amines is 1. The van der Waals surface area contributed by atoms with Crippen molar-refractivity contribution >= 4 is 5.69 Å². The molecule has 5 nitrogen and oxygen atoms in total. The average molecular weight is 366 g/mol. The third-order valence-corrected chi connectivity index (χ3v) is 4.37. The standard InChI is InChI=1S/C18H21F3N4O/c1-11(2)22-13-7-8-25(10-13)16-5-3-12(9-14(16)18(19,20)21)15-4-6-17(26)24-23-15/h3-6,9,11,13,22H,7-8,10H2,1-2H3,(H,24,26). The topological polar surface area (TPSA) is 61.0 Å². The number of nitrogens with one attached hydrogen (secondary N) is 2. The zero-order valence-electron chi connectivity index (χ0n) is 14.6. The third kappa shape index (κ3) is 4.07. The molecule has 8 heteroatoms. The molecule has 1 unspecified atom stereocenters. The summed E-state index contributed by atoms with van der Waals surface area (Å²) in [5.74, 6) is 0. The van der Waals surface area contributed by atoms with Gasteiger partial charge in [-0.1, -0.05) is 19.9 Å². The highest BCUT2D eigenvalue weighted by atomic mass is 19.4. The molecule has 2 aromatic rings. The van der Waals surface area contributed by atoms with E-state index in [1.54, 1.807) is 11.0 Å². The Morgan fingerprint density at radius 1 is 1.27 bits per heavy atom. The molecule has 3 rings (SSSR count). The fourth-order valence-corrected chi connectivity index (χ4v) is 3.29. The Labute approximate surface area is 149 Å². The molecular formula is C18H21F3N4O. The van der Waals surface area contributed by atoms with Crippen molar-refractivity contribution in [2.24, 2.45) is 0 Å². The van der Waals surface area contributed by atoms with Crippen molar-refractivity contribution in [1.82, 2.24) is 15.5 Å². The number of aromatic nitrogens is 2. The van der Waals surface area contributed by atoms with Crippen LogP contribution in [0.25, 0.3) is 11.3 Å². The lowest BCUT2D eigenvalue weighted by molar-refractivity contribution is -0.137. The molecule has 2 heterocycles. The van der Waals surface area contributed by atoms with E-state index in [0.717, 1.165) is 12.5 Å². The first-order valence-corrected chi connectivity index (χ1v) is 8.52. The summed E-state index contributed by atoms with van der Waals surface area (Å²) in [6, 6.07) is 7.31. The van der Waals surface area contributed by atoms with Crippen LogP contribution >= 0.6 is 0 Å². The van der Waals surface area contributed by atoms with E-state index >= 15 is 0 Å². The molecule has 0 aliphatic carbocycles. The fraction of sp³-hybridized carbons (Fsp3) is 0.444. The summed E-state index contributed by atoms with van der Waals surface area (Å²) in [5.41, 5.74) is -0.301. The van der Waals surface area contributed by atoms with Crippen LogP contribution in [0.3, 0.4) is 0 Å². The minimum atomic E-state index is -4.48. The number of hydrogen-bond donors (Lipinski definition) is 2. The number of alkyl halides is 3. The van der Waals surface area contributed by atoms with Gasteiger partial charge in [0.15, 0.2) is 0 Å². The smallest absolute Gasteiger partial charge is 0.369 e. The molecule has 1 fully saturated rings. The van der Waals surface area contributed by atoms with Gasteiger partial charge in [0.1, 0.15) is 0 Å². The van der Waals surface area contributed by atoms with Gasteiger partial charge in [-0.3, -0.25) is 4.79 Å². The van der Waals surface area contributed by atoms with Gasteiger partial charge in [-0.15, -0.1) is 0 Å². The Bertz CT molecular complexity index is 811. The van der Waals surface area contributed by atoms with Crippen LogP contribution < -0.4 is 15.8 Å². The summed E-state index contributed by atoms with van der Waals surface area (Å²) in [5, 5.41) is 9.44. The van der Waals surface area contributed by atoms with Gasteiger partial charge < -0.3 is 10.2 Å². The Morgan fingerprint density at radius 2 is 2.04 bits per heavy atom. The molecule has 26 heavy (non-hydrogen) atoms. The molecule has 140 valence electrons. The van der Waals surface area contributed by atoms with Gasteiger partial charge in [0.2, 0.25) is 0 Å². The Balaban J connectivity index is 1.93. The zero-order chi connectivity index (χ0) is 18.9. The van der Waals surface area contributed by atoms with Crippen LogP contribution in [0.4, 0.5) is 18.9 Å². The maximum atomic E-state index is 13.6. The van der Waals surface area contributed by atoms with Gasteiger partial charge >= 0.3 is 6.18 Å². The van der Waals surface area contributed by atoms with Gasteiger partial charge in [0.25, 0.3) is 5.56 Å². The van der Waals surface area contributed by atoms with Gasteiger partial charge in [0.05, 0.1) is 11.3 Å². The molecule has 1 aliphatic rings. The highest BCUT2D eigenvalue weighted by molar-refractivity contribution is 5.67. The van der Waals surface area contributed by atoms with E-state index in [1.807, 2.05) is 13.8 Å². The first kappa shape index (κ1) is 18.4. The van der Waals surface area contributed by atoms with Crippen LogP contribution in [0.1, 0.15) is 25.8 Å². The molecule has 1 aliphatic heterocycles. The van der Waals surface area contributed by atoms with E-state index in [4.69, 9.17) is 0 Å². The van der Waals surface area contributed by atoms with Crippen molar-refractivity contribution < 1.29 is 13.2 Å². The third-order valence-electron chi connectivity index (χ3n) is 4.37. The number of H-pyrrole nitrogens is 1. The van der Waals surface area contributed by atoms with E-state index in [2.05, 4.69) is 15.5 Å². The van der Waals surface area contributed by atoms with Crippen LogP contribution in [-0.2, 0) is 6.18 Å². The Morgan fingerprint density at radius 3 is 2.65 bits per heavy atom. The number of rotatable bonds is 4. The van der Waals surface area contributed by atoms with E-state index in [0.29, 0.717) is 24.3 Å². The molecule has 0 saturated carbocycles. The van der Waals surface area contributed by atoms with Crippen LogP contribution in [0.5, 0.6) is 0 Å². The molecule has 1 aromatic heterocycles. The second kappa shape index (κ2) is 7.11. The molecule has 0 bridgehead atoms. The predicted molar refractivity (Wildman–Crippen MR) is 94.2 cm³/mol. The number of benzene rings is 1. The first-order chi connectivity index (χ1) is 12.2. The Kier molecular flexibility index (Phi) is 5.04. The second-order valence-electron chi connectivity index (χ2n) is 6.79. The summed E-state index contributed by atoms with van der Waals surface area (Å²) >= 11 is 0. The predicted octanol–water partition coefficient (Wildman–Crippen LogP) is 3.03. The lowest BCUT2D eigenvalue weighted by atomic mass is 10.0. The summed E-state index contributed by atoms with van der Waals surface area (Å²) in [7, 11) is 0. The van der Waals surface area contributed by atoms with Crippen molar-refractivity contribution in [3.05, 3.63) is 46.2 Å². The van der Waals surface area contributed by atoms with E-state index in [1.165, 1.54) is 18.2 Å². The van der Waals surface area contributed by atoms with E-state index in [9.17, 15) is 18.0 Å². The lowest BCUT2D eigenvalue weighted by Gasteiger charge is -2.24. The van der Waals surface area contributed by atoms with Crippen molar-refractivity contribution in [3.63, 3.8) is 0 Å². The fourth-order valence-electron chi connectivity index (χ4n) is 3.29. The van der Waals surface area contributed by atoms with Crippen LogP contribution in [0, 0.1) is 0 Å². The molecule has 0 amide bonds. The minimum absolute atomic E-state index is 0.177. The van der Waals surface area contributed by atoms with Crippen molar-refractivity contribution in [2.45, 2.75) is 38.5 Å². The summed E-state index contributed by atoms with van der Waals surface area (Å²) in [4.78, 5) is 12.9. The highest BCUT2D eigenvalue weighted by Crippen LogP contribution is 2.39. The summed E-state index contributed by atoms with van der Waals surface area (Å²) in [6.45, 7) is 5.16. The van der Waals surface area contributed by atoms with Crippen molar-refractivity contribution in [2.75, 3.05) is 18.0 Å². The quantitative estimate of drug-likeness (QED) is 0.873. The maximum Gasteiger partial charge on any atom is 0.418 e. The molecule has 1 atom stereocenters. The zero-order valence-corrected chi connectivity index (χ0v) is 14.6. The minimum Gasteiger partial charge on any atom is -0.369 e. The average Bonchev–Trinajstić information content (AvgIpc) is 3.02. The monoisotopic (exact) mass is 366 g/mol. The van der Waals surface area contributed by atoms with Gasteiger partial charge in [-0.2, -0.15) is 18.3 Å². The molecule has 0 spiro atoms. The van der Waals surface area contributed by atoms with Gasteiger partial charge in [0, 0.05) is 42.5 Å². The maximum absolute atomic E-state index is 13.6. The number of anilines is 1. The van der Waals surface area contributed by atoms with Crippen molar-refractivity contribution in [3.8, 4) is 11.3 Å². The molecule has 0 radical (unpaired) electrons. The summed E-state index contributed by atoms with van der Waals surface area (Å²) in [6.07, 6.45) is -3.67. The van der Waals surface area contributed by atoms with Gasteiger partial charge in [-0.05, 0) is 24.6 Å². The molecule has 1 aromatic carbocycles. The first-order valence-electron chi connectivity index (χ1n) is 8.52. The van der Waals surface area contributed by atoms with E-state index in [-0.39, 0.29) is 17.8 Å². The van der Waals surface area contributed by atoms with Crippen molar-refractivity contribution in [1.29, 1.82) is 0 Å². The van der Waals surface area contributed by atoms with Crippen LogP contribution in [0.2, 0.25) is 0 Å². The molecule has 1 saturated heterocycles.